The molecule has 0 amide bonds. The van der Waals surface area contributed by atoms with Crippen molar-refractivity contribution >= 4 is 11.6 Å². The summed E-state index contributed by atoms with van der Waals surface area (Å²) in [6.07, 6.45) is 3.82. The maximum absolute atomic E-state index is 5.55. The van der Waals surface area contributed by atoms with Crippen molar-refractivity contribution < 1.29 is 14.2 Å². The number of aliphatic imine (C=N–C) groups is 1. The molecule has 0 radical (unpaired) electrons. The third-order valence-corrected chi connectivity index (χ3v) is 5.25. The van der Waals surface area contributed by atoms with Crippen molar-refractivity contribution in [3.05, 3.63) is 42.1 Å². The Bertz CT molecular complexity index is 850. The highest BCUT2D eigenvalue weighted by atomic mass is 16.5. The molecule has 2 aromatic rings. The van der Waals surface area contributed by atoms with E-state index in [9.17, 15) is 0 Å². The van der Waals surface area contributed by atoms with Crippen LogP contribution in [-0.4, -0.2) is 57.4 Å². The second-order valence-corrected chi connectivity index (χ2v) is 7.70. The molecule has 174 valence electrons. The number of aromatic nitrogens is 1. The van der Waals surface area contributed by atoms with Gasteiger partial charge in [-0.15, -0.1) is 0 Å². The number of guanidine groups is 1. The number of nitrogens with zero attached hydrogens (tertiary/aromatic N) is 3. The van der Waals surface area contributed by atoms with Crippen LogP contribution in [0.4, 0.5) is 5.69 Å². The van der Waals surface area contributed by atoms with E-state index in [1.807, 2.05) is 36.5 Å². The monoisotopic (exact) mass is 441 g/mol. The lowest BCUT2D eigenvalue weighted by Crippen LogP contribution is -2.44. The van der Waals surface area contributed by atoms with Gasteiger partial charge < -0.3 is 29.7 Å². The van der Waals surface area contributed by atoms with Crippen LogP contribution in [-0.2, 0) is 6.54 Å². The lowest BCUT2D eigenvalue weighted by molar-refractivity contribution is 0.305. The molecule has 8 nitrogen and oxygen atoms in total. The zero-order valence-corrected chi connectivity index (χ0v) is 19.6. The van der Waals surface area contributed by atoms with Gasteiger partial charge in [0.05, 0.1) is 27.4 Å². The van der Waals surface area contributed by atoms with Crippen LogP contribution >= 0.6 is 0 Å². The molecule has 1 aromatic heterocycles. The first-order chi connectivity index (χ1) is 15.6. The highest BCUT2D eigenvalue weighted by molar-refractivity contribution is 5.80. The topological polar surface area (TPSA) is 80.2 Å². The normalized spacial score (nSPS) is 16.1. The average molecular weight is 442 g/mol. The molecule has 1 aliphatic rings. The molecule has 32 heavy (non-hydrogen) atoms. The molecule has 0 spiro atoms. The molecule has 1 aliphatic heterocycles. The zero-order valence-electron chi connectivity index (χ0n) is 19.6. The Morgan fingerprint density at radius 3 is 2.56 bits per heavy atom. The Kier molecular flexibility index (Phi) is 8.83. The molecule has 2 heterocycles. The van der Waals surface area contributed by atoms with Crippen LogP contribution in [0.25, 0.3) is 0 Å². The largest absolute Gasteiger partial charge is 0.497 e. The van der Waals surface area contributed by atoms with Crippen LogP contribution in [0, 0.1) is 0 Å². The lowest BCUT2D eigenvalue weighted by atomic mass is 10.2. The van der Waals surface area contributed by atoms with E-state index in [1.54, 1.807) is 14.2 Å². The van der Waals surface area contributed by atoms with E-state index in [0.717, 1.165) is 61.2 Å². The molecule has 0 saturated carbocycles. The van der Waals surface area contributed by atoms with Gasteiger partial charge in [-0.2, -0.15) is 0 Å². The fraction of sp³-hybridized carbons (Fsp3) is 0.500. The van der Waals surface area contributed by atoms with Crippen LogP contribution in [0.5, 0.6) is 17.4 Å². The predicted molar refractivity (Wildman–Crippen MR) is 128 cm³/mol. The van der Waals surface area contributed by atoms with E-state index in [0.29, 0.717) is 25.1 Å². The van der Waals surface area contributed by atoms with E-state index in [1.165, 1.54) is 0 Å². The second-order valence-electron chi connectivity index (χ2n) is 7.70. The number of nitrogens with one attached hydrogen (secondary N) is 2. The van der Waals surface area contributed by atoms with Gasteiger partial charge in [-0.3, -0.25) is 0 Å². The van der Waals surface area contributed by atoms with Gasteiger partial charge in [0.2, 0.25) is 5.88 Å². The zero-order chi connectivity index (χ0) is 22.8. The summed E-state index contributed by atoms with van der Waals surface area (Å²) in [7, 11) is 3.35. The average Bonchev–Trinajstić information content (AvgIpc) is 3.30. The molecule has 1 aromatic carbocycles. The smallest absolute Gasteiger partial charge is 0.213 e. The molecule has 1 fully saturated rings. The van der Waals surface area contributed by atoms with E-state index < -0.39 is 0 Å². The quantitative estimate of drug-likeness (QED) is 0.433. The van der Waals surface area contributed by atoms with Crippen molar-refractivity contribution in [3.63, 3.8) is 0 Å². The lowest BCUT2D eigenvalue weighted by Gasteiger charge is -2.21. The van der Waals surface area contributed by atoms with Gasteiger partial charge in [0, 0.05) is 61.8 Å². The summed E-state index contributed by atoms with van der Waals surface area (Å²) in [5.41, 5.74) is 2.14. The third kappa shape index (κ3) is 6.67. The first kappa shape index (κ1) is 23.5. The summed E-state index contributed by atoms with van der Waals surface area (Å²) in [6, 6.07) is 10.2. The second kappa shape index (κ2) is 12.0. The molecular weight excluding hydrogens is 406 g/mol. The van der Waals surface area contributed by atoms with Gasteiger partial charge >= 0.3 is 0 Å². The number of methoxy groups -OCH3 is 2. The summed E-state index contributed by atoms with van der Waals surface area (Å²) in [5.74, 6) is 3.06. The van der Waals surface area contributed by atoms with Gasteiger partial charge in [0.1, 0.15) is 11.5 Å². The number of pyridine rings is 1. The Balaban J connectivity index is 1.59. The minimum absolute atomic E-state index is 0.299. The van der Waals surface area contributed by atoms with Crippen molar-refractivity contribution in [1.82, 2.24) is 15.6 Å². The number of benzene rings is 1. The SMILES string of the molecule is CCCOc1ccc(CN=C(NCC)NC2CCN(c3cc(OC)cc(OC)c3)C2)cn1. The summed E-state index contributed by atoms with van der Waals surface area (Å²) in [5, 5.41) is 6.92. The van der Waals surface area contributed by atoms with Crippen molar-refractivity contribution in [2.45, 2.75) is 39.3 Å². The van der Waals surface area contributed by atoms with E-state index >= 15 is 0 Å². The highest BCUT2D eigenvalue weighted by Crippen LogP contribution is 2.30. The first-order valence-electron chi connectivity index (χ1n) is 11.3. The summed E-state index contributed by atoms with van der Waals surface area (Å²) in [4.78, 5) is 11.4. The van der Waals surface area contributed by atoms with E-state index in [4.69, 9.17) is 19.2 Å². The molecule has 1 unspecified atom stereocenters. The van der Waals surface area contributed by atoms with Gasteiger partial charge in [-0.05, 0) is 25.3 Å². The van der Waals surface area contributed by atoms with Crippen molar-refractivity contribution in [2.24, 2.45) is 4.99 Å². The number of ether oxygens (including phenoxy) is 3. The number of rotatable bonds is 10. The fourth-order valence-corrected chi connectivity index (χ4v) is 3.57. The van der Waals surface area contributed by atoms with E-state index in [-0.39, 0.29) is 0 Å². The van der Waals surface area contributed by atoms with E-state index in [2.05, 4.69) is 34.4 Å². The van der Waals surface area contributed by atoms with Crippen LogP contribution < -0.4 is 29.7 Å². The minimum Gasteiger partial charge on any atom is -0.497 e. The molecule has 1 atom stereocenters. The van der Waals surface area contributed by atoms with Crippen molar-refractivity contribution in [1.29, 1.82) is 0 Å². The van der Waals surface area contributed by atoms with Crippen molar-refractivity contribution in [3.8, 4) is 17.4 Å². The van der Waals surface area contributed by atoms with Crippen LogP contribution in [0.1, 0.15) is 32.3 Å². The van der Waals surface area contributed by atoms with Crippen molar-refractivity contribution in [2.75, 3.05) is 45.4 Å². The predicted octanol–water partition coefficient (Wildman–Crippen LogP) is 3.22. The molecular formula is C24H35N5O3. The first-order valence-corrected chi connectivity index (χ1v) is 11.3. The Morgan fingerprint density at radius 1 is 1.16 bits per heavy atom. The summed E-state index contributed by atoms with van der Waals surface area (Å²) < 4.78 is 16.4. The Morgan fingerprint density at radius 2 is 1.94 bits per heavy atom. The molecule has 0 bridgehead atoms. The maximum Gasteiger partial charge on any atom is 0.213 e. The maximum atomic E-state index is 5.55. The Hall–Kier alpha value is -3.16. The number of hydrogen-bond acceptors (Lipinski definition) is 6. The molecule has 8 heteroatoms. The van der Waals surface area contributed by atoms with Crippen LogP contribution in [0.3, 0.4) is 0 Å². The highest BCUT2D eigenvalue weighted by Gasteiger charge is 2.24. The van der Waals surface area contributed by atoms with Crippen LogP contribution in [0.2, 0.25) is 0 Å². The van der Waals surface area contributed by atoms with Gasteiger partial charge in [0.15, 0.2) is 5.96 Å². The summed E-state index contributed by atoms with van der Waals surface area (Å²) >= 11 is 0. The molecule has 3 rings (SSSR count). The third-order valence-electron chi connectivity index (χ3n) is 5.25. The molecule has 2 N–H and O–H groups in total. The number of anilines is 1. The van der Waals surface area contributed by atoms with Gasteiger partial charge in [0.25, 0.3) is 0 Å². The van der Waals surface area contributed by atoms with Crippen LogP contribution in [0.15, 0.2) is 41.5 Å². The minimum atomic E-state index is 0.299. The molecule has 1 saturated heterocycles. The van der Waals surface area contributed by atoms with Gasteiger partial charge in [-0.1, -0.05) is 13.0 Å². The summed E-state index contributed by atoms with van der Waals surface area (Å²) in [6.45, 7) is 8.02. The van der Waals surface area contributed by atoms with Gasteiger partial charge in [-0.25, -0.2) is 9.98 Å². The number of hydrogen-bond donors (Lipinski definition) is 2. The standard InChI is InChI=1S/C24H35N5O3/c1-5-11-32-23-8-7-18(15-26-23)16-27-24(25-6-2)28-19-9-10-29(17-19)20-12-21(30-3)14-22(13-20)31-4/h7-8,12-15,19H,5-6,9-11,16-17H2,1-4H3,(H2,25,27,28). The fourth-order valence-electron chi connectivity index (χ4n) is 3.57. The molecule has 0 aliphatic carbocycles. The Labute approximate surface area is 191 Å².